The molecule has 94 valence electrons. The lowest BCUT2D eigenvalue weighted by Crippen LogP contribution is -2.37. The highest BCUT2D eigenvalue weighted by Crippen LogP contribution is 2.24. The Kier molecular flexibility index (Phi) is 2.92. The summed E-state index contributed by atoms with van der Waals surface area (Å²) in [5, 5.41) is 12.3. The van der Waals surface area contributed by atoms with Gasteiger partial charge in [-0.05, 0) is 6.92 Å². The summed E-state index contributed by atoms with van der Waals surface area (Å²) in [6, 6.07) is 0. The van der Waals surface area contributed by atoms with E-state index in [-0.39, 0.29) is 18.0 Å². The summed E-state index contributed by atoms with van der Waals surface area (Å²) in [5.41, 5.74) is 0.164. The molecule has 1 aliphatic heterocycles. The van der Waals surface area contributed by atoms with Gasteiger partial charge in [-0.2, -0.15) is 4.31 Å². The van der Waals surface area contributed by atoms with Crippen molar-refractivity contribution in [2.45, 2.75) is 19.9 Å². The molecule has 17 heavy (non-hydrogen) atoms. The first kappa shape index (κ1) is 12.1. The van der Waals surface area contributed by atoms with E-state index in [2.05, 4.69) is 5.16 Å². The highest BCUT2D eigenvalue weighted by molar-refractivity contribution is 7.89. The average Bonchev–Trinajstić information content (AvgIpc) is 2.71. The fourth-order valence-corrected chi connectivity index (χ4v) is 2.83. The Balaban J connectivity index is 2.35. The third kappa shape index (κ3) is 2.05. The number of carbonyl (C=O) groups is 1. The maximum atomic E-state index is 11.7. The monoisotopic (exact) mass is 260 g/mol. The van der Waals surface area contributed by atoms with Crippen molar-refractivity contribution in [3.05, 3.63) is 17.0 Å². The zero-order valence-corrected chi connectivity index (χ0v) is 10.0. The third-order valence-electron chi connectivity index (χ3n) is 2.75. The molecule has 0 bridgehead atoms. The molecule has 7 nitrogen and oxygen atoms in total. The van der Waals surface area contributed by atoms with E-state index in [1.54, 1.807) is 6.92 Å². The molecule has 0 saturated heterocycles. The number of nitrogens with zero attached hydrogens (tertiary/aromatic N) is 2. The number of aromatic nitrogens is 1. The first-order valence-corrected chi connectivity index (χ1v) is 6.75. The molecule has 2 heterocycles. The first-order valence-electron chi connectivity index (χ1n) is 5.14. The van der Waals surface area contributed by atoms with Crippen molar-refractivity contribution in [1.82, 2.24) is 9.46 Å². The molecule has 0 fully saturated rings. The van der Waals surface area contributed by atoms with Crippen LogP contribution in [0.15, 0.2) is 4.52 Å². The van der Waals surface area contributed by atoms with E-state index in [9.17, 15) is 13.2 Å². The molecular formula is C9H12N2O5S. The van der Waals surface area contributed by atoms with Gasteiger partial charge in [-0.1, -0.05) is 5.16 Å². The van der Waals surface area contributed by atoms with Gasteiger partial charge in [0.05, 0.1) is 5.75 Å². The van der Waals surface area contributed by atoms with Crippen LogP contribution in [0.1, 0.15) is 28.7 Å². The van der Waals surface area contributed by atoms with Crippen LogP contribution in [0.25, 0.3) is 0 Å². The van der Waals surface area contributed by atoms with Gasteiger partial charge in [0, 0.05) is 25.1 Å². The normalized spacial score (nSPS) is 16.8. The smallest absolute Gasteiger partial charge is 0.358 e. The standard InChI is InChI=1S/C9H12N2O5S/c1-2-17(14,15)11-4-3-7-6(5-11)8(9(12)13)10-16-7/h2-5H2,1H3,(H,12,13). The van der Waals surface area contributed by atoms with Crippen LogP contribution in [0.4, 0.5) is 0 Å². The Morgan fingerprint density at radius 1 is 1.59 bits per heavy atom. The molecule has 1 aromatic rings. The van der Waals surface area contributed by atoms with Crippen LogP contribution >= 0.6 is 0 Å². The second-order valence-corrected chi connectivity index (χ2v) is 5.98. The second-order valence-electron chi connectivity index (χ2n) is 3.72. The molecular weight excluding hydrogens is 248 g/mol. The quantitative estimate of drug-likeness (QED) is 0.826. The average molecular weight is 260 g/mol. The van der Waals surface area contributed by atoms with Crippen LogP contribution in [0, 0.1) is 0 Å². The van der Waals surface area contributed by atoms with Gasteiger partial charge in [0.25, 0.3) is 0 Å². The number of fused-ring (bicyclic) bond motifs is 1. The number of rotatable bonds is 3. The number of sulfonamides is 1. The van der Waals surface area contributed by atoms with Gasteiger partial charge in [0.15, 0.2) is 5.69 Å². The second kappa shape index (κ2) is 4.11. The predicted molar refractivity (Wildman–Crippen MR) is 57.0 cm³/mol. The number of hydrogen-bond donors (Lipinski definition) is 1. The van der Waals surface area contributed by atoms with E-state index in [1.807, 2.05) is 0 Å². The summed E-state index contributed by atoms with van der Waals surface area (Å²) in [4.78, 5) is 10.9. The molecule has 1 aliphatic rings. The van der Waals surface area contributed by atoms with Gasteiger partial charge in [0.2, 0.25) is 10.0 Å². The highest BCUT2D eigenvalue weighted by atomic mass is 32.2. The Bertz CT molecular complexity index is 548. The van der Waals surface area contributed by atoms with E-state index in [1.165, 1.54) is 4.31 Å². The Hall–Kier alpha value is -1.41. The lowest BCUT2D eigenvalue weighted by Gasteiger charge is -2.24. The maximum Gasteiger partial charge on any atom is 0.358 e. The lowest BCUT2D eigenvalue weighted by atomic mass is 10.1. The molecule has 0 aliphatic carbocycles. The van der Waals surface area contributed by atoms with E-state index in [4.69, 9.17) is 9.63 Å². The zero-order valence-electron chi connectivity index (χ0n) is 9.21. The molecule has 0 amide bonds. The van der Waals surface area contributed by atoms with Gasteiger partial charge >= 0.3 is 5.97 Å². The van der Waals surface area contributed by atoms with E-state index in [0.29, 0.717) is 24.3 Å². The van der Waals surface area contributed by atoms with Crippen molar-refractivity contribution >= 4 is 16.0 Å². The summed E-state index contributed by atoms with van der Waals surface area (Å²) in [6.45, 7) is 1.88. The van der Waals surface area contributed by atoms with Crippen LogP contribution < -0.4 is 0 Å². The largest absolute Gasteiger partial charge is 0.476 e. The number of aromatic carboxylic acids is 1. The molecule has 0 saturated carbocycles. The van der Waals surface area contributed by atoms with Crippen LogP contribution in [-0.2, 0) is 23.0 Å². The van der Waals surface area contributed by atoms with Crippen molar-refractivity contribution < 1.29 is 22.8 Å². The maximum absolute atomic E-state index is 11.7. The minimum absolute atomic E-state index is 0.00395. The van der Waals surface area contributed by atoms with Crippen molar-refractivity contribution in [3.8, 4) is 0 Å². The Morgan fingerprint density at radius 2 is 2.29 bits per heavy atom. The van der Waals surface area contributed by atoms with E-state index in [0.717, 1.165) is 0 Å². The number of carboxylic acids is 1. The zero-order chi connectivity index (χ0) is 12.6. The summed E-state index contributed by atoms with van der Waals surface area (Å²) in [5.74, 6) is -0.744. The highest BCUT2D eigenvalue weighted by Gasteiger charge is 2.31. The van der Waals surface area contributed by atoms with Crippen LogP contribution in [0.5, 0.6) is 0 Å². The molecule has 2 rings (SSSR count). The fourth-order valence-electron chi connectivity index (χ4n) is 1.77. The topological polar surface area (TPSA) is 101 Å². The Labute approximate surface area is 98.1 Å². The molecule has 0 spiro atoms. The van der Waals surface area contributed by atoms with Crippen molar-refractivity contribution in [2.75, 3.05) is 12.3 Å². The lowest BCUT2D eigenvalue weighted by molar-refractivity contribution is 0.0684. The molecule has 8 heteroatoms. The van der Waals surface area contributed by atoms with E-state index >= 15 is 0 Å². The third-order valence-corrected chi connectivity index (χ3v) is 4.58. The van der Waals surface area contributed by atoms with E-state index < -0.39 is 16.0 Å². The molecule has 0 unspecified atom stereocenters. The van der Waals surface area contributed by atoms with Gasteiger partial charge in [-0.3, -0.25) is 0 Å². The van der Waals surface area contributed by atoms with Crippen molar-refractivity contribution in [2.24, 2.45) is 0 Å². The fraction of sp³-hybridized carbons (Fsp3) is 0.556. The van der Waals surface area contributed by atoms with Crippen LogP contribution in [0.2, 0.25) is 0 Å². The van der Waals surface area contributed by atoms with Crippen molar-refractivity contribution in [1.29, 1.82) is 0 Å². The minimum atomic E-state index is -3.31. The van der Waals surface area contributed by atoms with Gasteiger partial charge < -0.3 is 9.63 Å². The summed E-state index contributed by atoms with van der Waals surface area (Å²) >= 11 is 0. The summed E-state index contributed by atoms with van der Waals surface area (Å²) in [7, 11) is -3.31. The SMILES string of the molecule is CCS(=O)(=O)N1CCc2onc(C(=O)O)c2C1. The van der Waals surface area contributed by atoms with Gasteiger partial charge in [-0.15, -0.1) is 0 Å². The molecule has 0 radical (unpaired) electrons. The molecule has 0 aromatic carbocycles. The summed E-state index contributed by atoms with van der Waals surface area (Å²) in [6.07, 6.45) is 0.356. The molecule has 1 N–H and O–H groups in total. The number of carboxylic acid groups (broad SMARTS) is 1. The van der Waals surface area contributed by atoms with Crippen molar-refractivity contribution in [3.63, 3.8) is 0 Å². The predicted octanol–water partition coefficient (Wildman–Crippen LogP) is 0.0806. The molecule has 0 atom stereocenters. The van der Waals surface area contributed by atoms with Crippen LogP contribution in [0.3, 0.4) is 0 Å². The molecule has 1 aromatic heterocycles. The summed E-state index contributed by atoms with van der Waals surface area (Å²) < 4.78 is 29.5. The van der Waals surface area contributed by atoms with Gasteiger partial charge in [0.1, 0.15) is 5.76 Å². The number of hydrogen-bond acceptors (Lipinski definition) is 5. The van der Waals surface area contributed by atoms with Gasteiger partial charge in [-0.25, -0.2) is 13.2 Å². The minimum Gasteiger partial charge on any atom is -0.476 e. The first-order chi connectivity index (χ1) is 7.95. The Morgan fingerprint density at radius 3 is 2.88 bits per heavy atom. The van der Waals surface area contributed by atoms with Crippen LogP contribution in [-0.4, -0.2) is 41.3 Å².